The Kier molecular flexibility index (Phi) is 5.42. The van der Waals surface area contributed by atoms with Crippen molar-refractivity contribution < 1.29 is 9.53 Å². The van der Waals surface area contributed by atoms with Crippen LogP contribution in [0.15, 0.2) is 30.6 Å². The average Bonchev–Trinajstić information content (AvgIpc) is 3.31. The summed E-state index contributed by atoms with van der Waals surface area (Å²) in [6.07, 6.45) is 5.83. The summed E-state index contributed by atoms with van der Waals surface area (Å²) in [5.41, 5.74) is 2.54. The predicted molar refractivity (Wildman–Crippen MR) is 110 cm³/mol. The Bertz CT molecular complexity index is 994. The quantitative estimate of drug-likeness (QED) is 0.704. The van der Waals surface area contributed by atoms with Gasteiger partial charge in [-0.2, -0.15) is 0 Å². The highest BCUT2D eigenvalue weighted by atomic mass is 35.5. The summed E-state index contributed by atoms with van der Waals surface area (Å²) in [6.45, 7) is 4.84. The van der Waals surface area contributed by atoms with Gasteiger partial charge >= 0.3 is 0 Å². The Morgan fingerprint density at radius 1 is 1.43 bits per heavy atom. The molecule has 1 amide bonds. The topological polar surface area (TPSA) is 63.1 Å². The summed E-state index contributed by atoms with van der Waals surface area (Å²) in [4.78, 5) is 23.1. The third-order valence-corrected chi connectivity index (χ3v) is 5.83. The van der Waals surface area contributed by atoms with Crippen molar-refractivity contribution in [3.8, 4) is 0 Å². The molecule has 4 rings (SSSR count). The first-order valence-electron chi connectivity index (χ1n) is 9.65. The minimum Gasteiger partial charge on any atom is -0.383 e. The van der Waals surface area contributed by atoms with E-state index in [9.17, 15) is 4.79 Å². The summed E-state index contributed by atoms with van der Waals surface area (Å²) in [6, 6.07) is 5.67. The monoisotopic (exact) mass is 400 g/mol. The van der Waals surface area contributed by atoms with E-state index in [2.05, 4.69) is 14.5 Å². The number of nitrogens with zero attached hydrogens (tertiary/aromatic N) is 3. The number of benzene rings is 1. The first-order valence-corrected chi connectivity index (χ1v) is 10.0. The van der Waals surface area contributed by atoms with E-state index in [1.54, 1.807) is 7.11 Å². The van der Waals surface area contributed by atoms with Crippen LogP contribution in [0.2, 0.25) is 5.02 Å². The van der Waals surface area contributed by atoms with E-state index < -0.39 is 0 Å². The number of hydrogen-bond donors (Lipinski definition) is 1. The van der Waals surface area contributed by atoms with Gasteiger partial charge in [0.2, 0.25) is 0 Å². The average molecular weight is 401 g/mol. The molecule has 1 fully saturated rings. The summed E-state index contributed by atoms with van der Waals surface area (Å²) >= 11 is 6.13. The molecular weight excluding hydrogens is 376 g/mol. The molecule has 3 aromatic rings. The number of hydrogen-bond acceptors (Lipinski definition) is 3. The number of aromatic amines is 1. The molecule has 7 heteroatoms. The van der Waals surface area contributed by atoms with E-state index in [1.165, 1.54) is 0 Å². The van der Waals surface area contributed by atoms with Crippen molar-refractivity contribution in [1.82, 2.24) is 19.4 Å². The number of carbonyl (C=O) groups is 1. The van der Waals surface area contributed by atoms with E-state index in [0.29, 0.717) is 23.9 Å². The standard InChI is InChI=1S/C21H25ClN4O2/c1-14-17-12-16(22)5-6-18(17)24-19(14)21(27)26-8-3-4-15(13-26)20-23-7-9-25(20)10-11-28-2/h5-7,9,12,15,24H,3-4,8,10-11,13H2,1-2H3/t15-/m1/s1. The third kappa shape index (κ3) is 3.54. The molecule has 0 radical (unpaired) electrons. The number of aryl methyl sites for hydroxylation is 1. The number of halogens is 1. The van der Waals surface area contributed by atoms with Crippen LogP contribution in [0.3, 0.4) is 0 Å². The van der Waals surface area contributed by atoms with Gasteiger partial charge in [0.1, 0.15) is 11.5 Å². The van der Waals surface area contributed by atoms with Crippen LogP contribution in [0.1, 0.15) is 40.6 Å². The van der Waals surface area contributed by atoms with Gasteiger partial charge < -0.3 is 19.2 Å². The van der Waals surface area contributed by atoms with Crippen molar-refractivity contribution >= 4 is 28.4 Å². The molecule has 1 aliphatic rings. The van der Waals surface area contributed by atoms with E-state index >= 15 is 0 Å². The molecule has 0 saturated carbocycles. The van der Waals surface area contributed by atoms with E-state index in [1.807, 2.05) is 42.4 Å². The molecule has 1 aromatic carbocycles. The lowest BCUT2D eigenvalue weighted by molar-refractivity contribution is 0.0697. The number of imidazole rings is 1. The molecule has 3 heterocycles. The van der Waals surface area contributed by atoms with Gasteiger partial charge in [-0.05, 0) is 43.5 Å². The van der Waals surface area contributed by atoms with Crippen molar-refractivity contribution in [3.05, 3.63) is 52.7 Å². The molecule has 2 aromatic heterocycles. The molecule has 1 saturated heterocycles. The minimum atomic E-state index is 0.0459. The first kappa shape index (κ1) is 19.0. The number of aromatic nitrogens is 3. The van der Waals surface area contributed by atoms with E-state index in [-0.39, 0.29) is 11.8 Å². The Hall–Kier alpha value is -2.31. The minimum absolute atomic E-state index is 0.0459. The zero-order valence-electron chi connectivity index (χ0n) is 16.2. The highest BCUT2D eigenvalue weighted by Gasteiger charge is 2.29. The maximum Gasteiger partial charge on any atom is 0.270 e. The van der Waals surface area contributed by atoms with Gasteiger partial charge in [0.25, 0.3) is 5.91 Å². The van der Waals surface area contributed by atoms with Crippen LogP contribution in [0.5, 0.6) is 0 Å². The van der Waals surface area contributed by atoms with Crippen molar-refractivity contribution in [2.75, 3.05) is 26.8 Å². The fourth-order valence-electron chi connectivity index (χ4n) is 4.10. The number of ether oxygens (including phenoxy) is 1. The molecular formula is C21H25ClN4O2. The maximum atomic E-state index is 13.3. The van der Waals surface area contributed by atoms with Gasteiger partial charge in [-0.1, -0.05) is 11.6 Å². The SMILES string of the molecule is COCCn1ccnc1[C@@H]1CCCN(C(=O)c2[nH]c3ccc(Cl)cc3c2C)C1. The number of methoxy groups -OCH3 is 1. The Morgan fingerprint density at radius 3 is 3.11 bits per heavy atom. The largest absolute Gasteiger partial charge is 0.383 e. The predicted octanol–water partition coefficient (Wildman–Crippen LogP) is 3.99. The first-order chi connectivity index (χ1) is 13.6. The molecule has 0 aliphatic carbocycles. The smallest absolute Gasteiger partial charge is 0.270 e. The van der Waals surface area contributed by atoms with Gasteiger partial charge in [-0.15, -0.1) is 0 Å². The van der Waals surface area contributed by atoms with Gasteiger partial charge in [0.05, 0.1) is 6.61 Å². The highest BCUT2D eigenvalue weighted by molar-refractivity contribution is 6.31. The lowest BCUT2D eigenvalue weighted by Crippen LogP contribution is -2.40. The van der Waals surface area contributed by atoms with Crippen molar-refractivity contribution in [2.45, 2.75) is 32.2 Å². The van der Waals surface area contributed by atoms with Crippen LogP contribution in [0.4, 0.5) is 0 Å². The number of nitrogens with one attached hydrogen (secondary N) is 1. The fourth-order valence-corrected chi connectivity index (χ4v) is 4.27. The van der Waals surface area contributed by atoms with Crippen LogP contribution in [0, 0.1) is 6.92 Å². The van der Waals surface area contributed by atoms with Gasteiger partial charge in [-0.3, -0.25) is 4.79 Å². The second kappa shape index (κ2) is 7.97. The molecule has 6 nitrogen and oxygen atoms in total. The van der Waals surface area contributed by atoms with E-state index in [4.69, 9.17) is 16.3 Å². The second-order valence-electron chi connectivity index (χ2n) is 7.38. The maximum absolute atomic E-state index is 13.3. The van der Waals surface area contributed by atoms with Crippen molar-refractivity contribution in [2.24, 2.45) is 0 Å². The van der Waals surface area contributed by atoms with Crippen LogP contribution >= 0.6 is 11.6 Å². The van der Waals surface area contributed by atoms with Crippen molar-refractivity contribution in [1.29, 1.82) is 0 Å². The molecule has 0 bridgehead atoms. The molecule has 148 valence electrons. The number of rotatable bonds is 5. The summed E-state index contributed by atoms with van der Waals surface area (Å²) in [5.74, 6) is 1.32. The molecule has 1 N–H and O–H groups in total. The molecule has 1 aliphatic heterocycles. The van der Waals surface area contributed by atoms with Crippen molar-refractivity contribution in [3.63, 3.8) is 0 Å². The zero-order valence-corrected chi connectivity index (χ0v) is 17.0. The van der Waals surface area contributed by atoms with Gasteiger partial charge in [-0.25, -0.2) is 4.98 Å². The van der Waals surface area contributed by atoms with Crippen LogP contribution in [-0.4, -0.2) is 52.1 Å². The number of carbonyl (C=O) groups excluding carboxylic acids is 1. The summed E-state index contributed by atoms with van der Waals surface area (Å²) in [7, 11) is 1.70. The second-order valence-corrected chi connectivity index (χ2v) is 7.81. The summed E-state index contributed by atoms with van der Waals surface area (Å²) < 4.78 is 7.34. The normalized spacial score (nSPS) is 17.4. The van der Waals surface area contributed by atoms with Crippen LogP contribution < -0.4 is 0 Å². The number of piperidine rings is 1. The highest BCUT2D eigenvalue weighted by Crippen LogP contribution is 2.29. The van der Waals surface area contributed by atoms with Crippen LogP contribution in [-0.2, 0) is 11.3 Å². The Balaban J connectivity index is 1.56. The van der Waals surface area contributed by atoms with Gasteiger partial charge in [0, 0.05) is 61.0 Å². The Morgan fingerprint density at radius 2 is 2.29 bits per heavy atom. The fraction of sp³-hybridized carbons (Fsp3) is 0.429. The van der Waals surface area contributed by atoms with Gasteiger partial charge in [0.15, 0.2) is 0 Å². The lowest BCUT2D eigenvalue weighted by atomic mass is 9.96. The van der Waals surface area contributed by atoms with Crippen LogP contribution in [0.25, 0.3) is 10.9 Å². The lowest BCUT2D eigenvalue weighted by Gasteiger charge is -2.32. The number of fused-ring (bicyclic) bond motifs is 1. The summed E-state index contributed by atoms with van der Waals surface area (Å²) in [5, 5.41) is 1.68. The number of likely N-dealkylation sites (tertiary alicyclic amines) is 1. The molecule has 1 atom stereocenters. The van der Waals surface area contributed by atoms with E-state index in [0.717, 1.165) is 48.2 Å². The zero-order chi connectivity index (χ0) is 19.7. The Labute approximate surface area is 169 Å². The molecule has 0 unspecified atom stereocenters. The third-order valence-electron chi connectivity index (χ3n) is 5.59. The molecule has 0 spiro atoms. The number of amides is 1. The number of H-pyrrole nitrogens is 1. The molecule has 28 heavy (non-hydrogen) atoms.